The molecule has 0 N–H and O–H groups in total. The Morgan fingerprint density at radius 3 is 0.447 bits per heavy atom. The Balaban J connectivity index is 0.943. The third kappa shape index (κ3) is 10.6. The first kappa shape index (κ1) is 53.0. The number of ether oxygens (including phenoxy) is 16. The summed E-state index contributed by atoms with van der Waals surface area (Å²) < 4.78 is 101. The smallest absolute Gasteiger partial charge is 0.161 e. The summed E-state index contributed by atoms with van der Waals surface area (Å²) in [6, 6.07) is 17.4. The van der Waals surface area contributed by atoms with E-state index in [1.807, 2.05) is 0 Å². The van der Waals surface area contributed by atoms with Gasteiger partial charge in [-0.3, -0.25) is 0 Å². The van der Waals surface area contributed by atoms with Crippen LogP contribution in [0, 0.1) is 0 Å². The fourth-order valence-electron chi connectivity index (χ4n) is 12.4. The van der Waals surface area contributed by atoms with Crippen LogP contribution in [0.3, 0.4) is 0 Å². The summed E-state index contributed by atoms with van der Waals surface area (Å²) in [6.45, 7) is 18.1. The molecule has 0 amide bonds. The second-order valence-electron chi connectivity index (χ2n) is 21.4. The Labute approximate surface area is 447 Å². The van der Waals surface area contributed by atoms with Crippen molar-refractivity contribution in [2.45, 2.75) is 75.0 Å². The lowest BCUT2D eigenvalue weighted by Crippen LogP contribution is -2.46. The molecule has 4 aromatic carbocycles. The van der Waals surface area contributed by atoms with Gasteiger partial charge in [0.25, 0.3) is 0 Å². The van der Waals surface area contributed by atoms with Crippen LogP contribution in [0.4, 0.5) is 0 Å². The number of fused-ring (bicyclic) bond motifs is 6. The molecule has 0 spiro atoms. The topological polar surface area (TPSA) is 148 Å². The van der Waals surface area contributed by atoms with Gasteiger partial charge in [-0.2, -0.15) is 0 Å². The summed E-state index contributed by atoms with van der Waals surface area (Å²) in [5.74, 6) is 5.31. The van der Waals surface area contributed by atoms with Crippen molar-refractivity contribution >= 4 is 0 Å². The van der Waals surface area contributed by atoms with Crippen LogP contribution in [0.15, 0.2) is 48.5 Å². The van der Waals surface area contributed by atoms with Gasteiger partial charge in [-0.1, -0.05) is 27.7 Å². The molecule has 0 radical (unpaired) electrons. The maximum Gasteiger partial charge on any atom is 0.161 e. The van der Waals surface area contributed by atoms with E-state index in [-0.39, 0.29) is 21.7 Å². The molecule has 16 heteroatoms. The lowest BCUT2D eigenvalue weighted by Gasteiger charge is -2.53. The fraction of sp³-hybridized carbons (Fsp3) is 0.600. The highest BCUT2D eigenvalue weighted by molar-refractivity contribution is 5.70. The summed E-state index contributed by atoms with van der Waals surface area (Å²) in [7, 11) is 0. The van der Waals surface area contributed by atoms with Crippen LogP contribution in [0.1, 0.15) is 97.9 Å². The van der Waals surface area contributed by atoms with Crippen LogP contribution in [0.25, 0.3) is 0 Å². The normalized spacial score (nSPS) is 27.9. The van der Waals surface area contributed by atoms with Gasteiger partial charge in [0.2, 0.25) is 0 Å². The SMILES string of the molecule is CC12CCC3(C)c4cc5c(cc41)OCCOCCOCCOc1cc4c(cc1OCCOCCOCCO5)C1(C)CCC4(C)c4cc5c(cc41)OCCOCCOCCOc1cc3c2cc1OCCOCCOCCO5. The zero-order chi connectivity index (χ0) is 52.0. The summed E-state index contributed by atoms with van der Waals surface area (Å²) in [5, 5.41) is 0. The Kier molecular flexibility index (Phi) is 16.4. The van der Waals surface area contributed by atoms with Crippen molar-refractivity contribution in [1.29, 1.82) is 0 Å². The van der Waals surface area contributed by atoms with Crippen LogP contribution in [0.2, 0.25) is 0 Å². The van der Waals surface area contributed by atoms with Crippen molar-refractivity contribution < 1.29 is 75.8 Å². The van der Waals surface area contributed by atoms with Crippen molar-refractivity contribution in [2.24, 2.45) is 0 Å². The quantitative estimate of drug-likeness (QED) is 0.167. The van der Waals surface area contributed by atoms with Gasteiger partial charge in [0.15, 0.2) is 46.0 Å². The molecule has 4 aromatic rings. The highest BCUT2D eigenvalue weighted by Crippen LogP contribution is 2.64. The van der Waals surface area contributed by atoms with Crippen LogP contribution in [-0.4, -0.2) is 159 Å². The van der Waals surface area contributed by atoms with Gasteiger partial charge in [-0.25, -0.2) is 0 Å². The second kappa shape index (κ2) is 23.5. The minimum Gasteiger partial charge on any atom is -0.487 e. The van der Waals surface area contributed by atoms with Crippen molar-refractivity contribution in [2.75, 3.05) is 159 Å². The molecule has 76 heavy (non-hydrogen) atoms. The molecule has 8 aliphatic rings. The number of hydrogen-bond donors (Lipinski definition) is 0. The summed E-state index contributed by atoms with van der Waals surface area (Å²) in [6.07, 6.45) is 3.77. The molecule has 0 atom stereocenters. The minimum atomic E-state index is -0.350. The average Bonchev–Trinajstić information content (AvgIpc) is 3.61. The van der Waals surface area contributed by atoms with Crippen molar-refractivity contribution in [3.8, 4) is 46.0 Å². The van der Waals surface area contributed by atoms with Gasteiger partial charge < -0.3 is 75.8 Å². The number of hydrogen-bond acceptors (Lipinski definition) is 16. The molecule has 2 aliphatic heterocycles. The maximum absolute atomic E-state index is 6.55. The molecule has 12 rings (SSSR count). The van der Waals surface area contributed by atoms with Crippen molar-refractivity contribution in [3.05, 3.63) is 93.0 Å². The first-order valence-corrected chi connectivity index (χ1v) is 27.6. The van der Waals surface area contributed by atoms with Crippen LogP contribution in [0.5, 0.6) is 46.0 Å². The van der Waals surface area contributed by atoms with Gasteiger partial charge in [0, 0.05) is 21.7 Å². The van der Waals surface area contributed by atoms with E-state index < -0.39 is 0 Å². The highest BCUT2D eigenvalue weighted by atomic mass is 16.6. The van der Waals surface area contributed by atoms with Crippen LogP contribution in [-0.2, 0) is 59.6 Å². The molecule has 2 heterocycles. The number of rotatable bonds is 0. The van der Waals surface area contributed by atoms with Crippen LogP contribution < -0.4 is 37.9 Å². The molecule has 0 aromatic heterocycles. The van der Waals surface area contributed by atoms with Crippen LogP contribution >= 0.6 is 0 Å². The second-order valence-corrected chi connectivity index (χ2v) is 21.4. The van der Waals surface area contributed by atoms with E-state index in [9.17, 15) is 0 Å². The van der Waals surface area contributed by atoms with Gasteiger partial charge in [0.1, 0.15) is 52.9 Å². The molecule has 412 valence electrons. The third-order valence-electron chi connectivity index (χ3n) is 16.7. The largest absolute Gasteiger partial charge is 0.487 e. The molecular weight excluding hydrogens is 977 g/mol. The number of benzene rings is 4. The van der Waals surface area contributed by atoms with E-state index in [0.29, 0.717) is 205 Å². The summed E-state index contributed by atoms with van der Waals surface area (Å²) in [5.41, 5.74) is 8.25. The van der Waals surface area contributed by atoms with E-state index in [2.05, 4.69) is 76.2 Å². The van der Waals surface area contributed by atoms with Crippen molar-refractivity contribution in [3.63, 3.8) is 0 Å². The van der Waals surface area contributed by atoms with E-state index in [0.717, 1.165) is 25.7 Å². The molecular formula is C60H76O16. The lowest BCUT2D eigenvalue weighted by molar-refractivity contribution is 0.0221. The Bertz CT molecular complexity index is 2140. The highest BCUT2D eigenvalue weighted by Gasteiger charge is 2.54. The first-order chi connectivity index (χ1) is 37.2. The zero-order valence-electron chi connectivity index (χ0n) is 44.9. The van der Waals surface area contributed by atoms with E-state index in [1.165, 1.54) is 44.5 Å². The first-order valence-electron chi connectivity index (χ1n) is 27.6. The molecule has 0 saturated heterocycles. The molecule has 0 saturated carbocycles. The Morgan fingerprint density at radius 2 is 0.316 bits per heavy atom. The maximum atomic E-state index is 6.55. The molecule has 6 aliphatic carbocycles. The average molecular weight is 1050 g/mol. The molecule has 0 fully saturated rings. The summed E-state index contributed by atoms with van der Waals surface area (Å²) in [4.78, 5) is 0. The van der Waals surface area contributed by atoms with Crippen molar-refractivity contribution in [1.82, 2.24) is 0 Å². The Morgan fingerprint density at radius 1 is 0.197 bits per heavy atom. The van der Waals surface area contributed by atoms with Gasteiger partial charge in [0.05, 0.1) is 106 Å². The van der Waals surface area contributed by atoms with Gasteiger partial charge in [-0.15, -0.1) is 0 Å². The van der Waals surface area contributed by atoms with E-state index in [4.69, 9.17) is 75.8 Å². The van der Waals surface area contributed by atoms with E-state index in [1.54, 1.807) is 0 Å². The predicted octanol–water partition coefficient (Wildman–Crippen LogP) is 8.03. The third-order valence-corrected chi connectivity index (χ3v) is 16.7. The minimum absolute atomic E-state index is 0.326. The van der Waals surface area contributed by atoms with Gasteiger partial charge in [-0.05, 0) is 119 Å². The lowest BCUT2D eigenvalue weighted by atomic mass is 9.50. The molecule has 0 unspecified atom stereocenters. The van der Waals surface area contributed by atoms with Gasteiger partial charge >= 0.3 is 0 Å². The predicted molar refractivity (Wildman–Crippen MR) is 281 cm³/mol. The summed E-state index contributed by atoms with van der Waals surface area (Å²) >= 11 is 0. The molecule has 16 nitrogen and oxygen atoms in total. The zero-order valence-corrected chi connectivity index (χ0v) is 44.9. The van der Waals surface area contributed by atoms with E-state index >= 15 is 0 Å². The Hall–Kier alpha value is -5.04. The monoisotopic (exact) mass is 1050 g/mol. The standard InChI is InChI=1S/C60H76O16/c1-57-5-6-58(2)43-35-51-49(33-41(43)57)69-25-17-61-9-11-65-21-29-73-53-37-45-47(39-55(53)75-31-23-67-15-13-63-19-27-71-51)60(4)8-7-59(45,3)46-38-54-56(40-48(46)60)76-32-24-68-16-14-64-20-28-72-52-36-44(58)42(57)34-50(52)70-26-18-62-10-12-66-22-30-74-54/h33-40H,5-32H2,1-4H3. The molecule has 4 bridgehead atoms. The fourth-order valence-corrected chi connectivity index (χ4v) is 12.4.